The Balaban J connectivity index is 2.41. The first kappa shape index (κ1) is 19.7. The van der Waals surface area contributed by atoms with E-state index in [0.717, 1.165) is 5.56 Å². The van der Waals surface area contributed by atoms with Gasteiger partial charge in [-0.1, -0.05) is 48.5 Å². The number of hydrogen-bond acceptors (Lipinski definition) is 5. The molecule has 0 fully saturated rings. The van der Waals surface area contributed by atoms with Gasteiger partial charge in [-0.05, 0) is 32.4 Å². The molecule has 0 bridgehead atoms. The normalized spacial score (nSPS) is 14.2. The highest BCUT2D eigenvalue weighted by atomic mass is 31.2. The topological polar surface area (TPSA) is 67.8 Å². The molecule has 25 heavy (non-hydrogen) atoms. The van der Waals surface area contributed by atoms with Crippen molar-refractivity contribution in [3.8, 4) is 5.75 Å². The van der Waals surface area contributed by atoms with Gasteiger partial charge < -0.3 is 14.2 Å². The van der Waals surface area contributed by atoms with Crippen molar-refractivity contribution in [1.82, 2.24) is 5.32 Å². The highest BCUT2D eigenvalue weighted by molar-refractivity contribution is 7.54. The van der Waals surface area contributed by atoms with E-state index in [4.69, 9.17) is 9.05 Å². The minimum absolute atomic E-state index is 0.0555. The first-order chi connectivity index (χ1) is 12.0. The van der Waals surface area contributed by atoms with Crippen LogP contribution in [0.15, 0.2) is 54.6 Å². The Morgan fingerprint density at radius 2 is 1.56 bits per heavy atom. The Morgan fingerprint density at radius 1 is 1.00 bits per heavy atom. The van der Waals surface area contributed by atoms with Gasteiger partial charge in [-0.3, -0.25) is 9.88 Å². The van der Waals surface area contributed by atoms with Crippen LogP contribution >= 0.6 is 7.60 Å². The second-order valence-corrected chi connectivity index (χ2v) is 7.75. The van der Waals surface area contributed by atoms with Crippen LogP contribution in [0.4, 0.5) is 0 Å². The summed E-state index contributed by atoms with van der Waals surface area (Å²) >= 11 is 0. The molecule has 0 heterocycles. The first-order valence-electron chi connectivity index (χ1n) is 8.49. The zero-order valence-electron chi connectivity index (χ0n) is 14.9. The van der Waals surface area contributed by atoms with E-state index in [9.17, 15) is 9.67 Å². The molecule has 0 aliphatic carbocycles. The van der Waals surface area contributed by atoms with Gasteiger partial charge in [-0.2, -0.15) is 0 Å². The van der Waals surface area contributed by atoms with E-state index < -0.39 is 13.4 Å². The lowest BCUT2D eigenvalue weighted by Gasteiger charge is -2.30. The summed E-state index contributed by atoms with van der Waals surface area (Å²) in [7, 11) is -3.52. The third-order valence-electron chi connectivity index (χ3n) is 3.87. The van der Waals surface area contributed by atoms with Gasteiger partial charge in [0.05, 0.1) is 13.2 Å². The van der Waals surface area contributed by atoms with Gasteiger partial charge >= 0.3 is 7.60 Å². The van der Waals surface area contributed by atoms with Crippen LogP contribution in [-0.2, 0) is 13.6 Å². The van der Waals surface area contributed by atoms with Crippen LogP contribution in [0.1, 0.15) is 43.7 Å². The van der Waals surface area contributed by atoms with Crippen molar-refractivity contribution in [2.45, 2.75) is 32.6 Å². The van der Waals surface area contributed by atoms with E-state index >= 15 is 0 Å². The number of benzene rings is 2. The second-order valence-electron chi connectivity index (χ2n) is 5.64. The standard InChI is InChI=1S/C19H26NO4P/c1-4-23-25(22,24-5-2)19(17-13-9-10-14-18(17)21)20-15(3)16-11-7-6-8-12-16/h6-15,19-21H,4-5H2,1-3H3/t15-,19+/m1/s1. The number of aromatic hydroxyl groups is 1. The van der Waals surface area contributed by atoms with Gasteiger partial charge in [0.2, 0.25) is 0 Å². The lowest BCUT2D eigenvalue weighted by atomic mass is 10.1. The number of para-hydroxylation sites is 1. The number of hydrogen-bond donors (Lipinski definition) is 2. The Hall–Kier alpha value is -1.65. The first-order valence-corrected chi connectivity index (χ1v) is 10.1. The highest BCUT2D eigenvalue weighted by Gasteiger charge is 2.39. The van der Waals surface area contributed by atoms with E-state index in [0.29, 0.717) is 5.56 Å². The molecule has 0 aliphatic heterocycles. The van der Waals surface area contributed by atoms with Crippen LogP contribution in [0.25, 0.3) is 0 Å². The molecule has 2 rings (SSSR count). The number of rotatable bonds is 9. The Labute approximate surface area is 149 Å². The lowest BCUT2D eigenvalue weighted by Crippen LogP contribution is -2.26. The number of nitrogens with one attached hydrogen (secondary N) is 1. The Bertz CT molecular complexity index is 698. The van der Waals surface area contributed by atoms with Crippen molar-refractivity contribution in [3.05, 3.63) is 65.7 Å². The monoisotopic (exact) mass is 363 g/mol. The molecule has 0 saturated carbocycles. The van der Waals surface area contributed by atoms with Crippen LogP contribution in [0.5, 0.6) is 5.75 Å². The van der Waals surface area contributed by atoms with E-state index in [1.807, 2.05) is 37.3 Å². The lowest BCUT2D eigenvalue weighted by molar-refractivity contribution is 0.205. The smallest absolute Gasteiger partial charge is 0.352 e. The summed E-state index contributed by atoms with van der Waals surface area (Å²) in [5.74, 6) is -0.719. The van der Waals surface area contributed by atoms with Gasteiger partial charge in [0.15, 0.2) is 0 Å². The summed E-state index contributed by atoms with van der Waals surface area (Å²) < 4.78 is 24.5. The molecular formula is C19H26NO4P. The van der Waals surface area contributed by atoms with Gasteiger partial charge in [-0.25, -0.2) is 0 Å². The summed E-state index contributed by atoms with van der Waals surface area (Å²) in [6.07, 6.45) is 0. The fourth-order valence-corrected chi connectivity index (χ4v) is 4.75. The minimum Gasteiger partial charge on any atom is -0.508 e. The van der Waals surface area contributed by atoms with E-state index in [2.05, 4.69) is 5.32 Å². The second kappa shape index (κ2) is 9.16. The van der Waals surface area contributed by atoms with Crippen molar-refractivity contribution < 1.29 is 18.7 Å². The van der Waals surface area contributed by atoms with E-state index in [1.165, 1.54) is 0 Å². The third kappa shape index (κ3) is 4.93. The average molecular weight is 363 g/mol. The van der Waals surface area contributed by atoms with Crippen LogP contribution in [-0.4, -0.2) is 18.3 Å². The molecule has 0 amide bonds. The molecule has 0 saturated heterocycles. The fraction of sp³-hybridized carbons (Fsp3) is 0.368. The van der Waals surface area contributed by atoms with Crippen LogP contribution in [0, 0.1) is 0 Å². The molecule has 6 heteroatoms. The Morgan fingerprint density at radius 3 is 2.12 bits per heavy atom. The van der Waals surface area contributed by atoms with Crippen molar-refractivity contribution in [2.24, 2.45) is 0 Å². The molecule has 2 aromatic rings. The van der Waals surface area contributed by atoms with Crippen molar-refractivity contribution in [3.63, 3.8) is 0 Å². The molecular weight excluding hydrogens is 337 g/mol. The maximum atomic E-state index is 13.4. The van der Waals surface area contributed by atoms with Crippen LogP contribution < -0.4 is 5.32 Å². The molecule has 0 spiro atoms. The zero-order valence-corrected chi connectivity index (χ0v) is 15.8. The fourth-order valence-electron chi connectivity index (χ4n) is 2.69. The molecule has 2 N–H and O–H groups in total. The van der Waals surface area contributed by atoms with Gasteiger partial charge in [0.25, 0.3) is 0 Å². The Kier molecular flexibility index (Phi) is 7.21. The zero-order chi connectivity index (χ0) is 18.3. The summed E-state index contributed by atoms with van der Waals surface area (Å²) in [4.78, 5) is 0. The van der Waals surface area contributed by atoms with Crippen LogP contribution in [0.2, 0.25) is 0 Å². The van der Waals surface area contributed by atoms with Crippen LogP contribution in [0.3, 0.4) is 0 Å². The molecule has 2 aromatic carbocycles. The van der Waals surface area contributed by atoms with Crippen molar-refractivity contribution >= 4 is 7.60 Å². The maximum absolute atomic E-state index is 13.4. The summed E-state index contributed by atoms with van der Waals surface area (Å²) in [5, 5.41) is 13.6. The predicted octanol–water partition coefficient (Wildman–Crippen LogP) is 5.01. The summed E-state index contributed by atoms with van der Waals surface area (Å²) in [6.45, 7) is 6.03. The predicted molar refractivity (Wildman–Crippen MR) is 99.7 cm³/mol. The average Bonchev–Trinajstić information content (AvgIpc) is 2.61. The molecule has 5 nitrogen and oxygen atoms in total. The molecule has 136 valence electrons. The minimum atomic E-state index is -3.52. The SMILES string of the molecule is CCOP(=O)(OCC)[C@H](N[C@H](C)c1ccccc1)c1ccccc1O. The molecule has 0 aliphatic rings. The summed E-state index contributed by atoms with van der Waals surface area (Å²) in [5.41, 5.74) is 1.54. The van der Waals surface area contributed by atoms with E-state index in [-0.39, 0.29) is 25.0 Å². The highest BCUT2D eigenvalue weighted by Crippen LogP contribution is 2.61. The van der Waals surface area contributed by atoms with Crippen molar-refractivity contribution in [1.29, 1.82) is 0 Å². The van der Waals surface area contributed by atoms with Gasteiger partial charge in [-0.15, -0.1) is 0 Å². The van der Waals surface area contributed by atoms with Gasteiger partial charge in [0, 0.05) is 11.6 Å². The largest absolute Gasteiger partial charge is 0.508 e. The number of phenolic OH excluding ortho intramolecular Hbond substituents is 1. The third-order valence-corrected chi connectivity index (χ3v) is 6.17. The van der Waals surface area contributed by atoms with E-state index in [1.54, 1.807) is 38.1 Å². The molecule has 0 aromatic heterocycles. The maximum Gasteiger partial charge on any atom is 0.352 e. The molecule has 2 atom stereocenters. The summed E-state index contributed by atoms with van der Waals surface area (Å²) in [6, 6.07) is 16.5. The number of phenols is 1. The van der Waals surface area contributed by atoms with Crippen molar-refractivity contribution in [2.75, 3.05) is 13.2 Å². The molecule has 0 radical (unpaired) electrons. The quantitative estimate of drug-likeness (QED) is 0.613. The van der Waals surface area contributed by atoms with Gasteiger partial charge in [0.1, 0.15) is 11.5 Å². The molecule has 0 unspecified atom stereocenters.